The van der Waals surface area contributed by atoms with Crippen LogP contribution in [-0.2, 0) is 16.6 Å². The molecule has 1 aromatic heterocycles. The van der Waals surface area contributed by atoms with E-state index in [-0.39, 0.29) is 5.56 Å². The fourth-order valence-electron chi connectivity index (χ4n) is 3.02. The third-order valence-corrected chi connectivity index (χ3v) is 5.09. The van der Waals surface area contributed by atoms with Gasteiger partial charge in [0.25, 0.3) is 0 Å². The van der Waals surface area contributed by atoms with E-state index in [0.29, 0.717) is 23.4 Å². The van der Waals surface area contributed by atoms with E-state index in [2.05, 4.69) is 4.99 Å². The largest absolute Gasteiger partial charge is 0.327 e. The number of hydrogen-bond acceptors (Lipinski definition) is 3. The number of halogens is 1. The van der Waals surface area contributed by atoms with Crippen LogP contribution in [0.2, 0.25) is 0 Å². The lowest BCUT2D eigenvalue weighted by Gasteiger charge is -2.13. The summed E-state index contributed by atoms with van der Waals surface area (Å²) < 4.78 is 40.5. The van der Waals surface area contributed by atoms with Crippen molar-refractivity contribution in [2.45, 2.75) is 11.4 Å². The number of nitrogens with two attached hydrogens (primary N) is 1. The van der Waals surface area contributed by atoms with Crippen LogP contribution in [0.5, 0.6) is 0 Å². The summed E-state index contributed by atoms with van der Waals surface area (Å²) in [5.74, 6) is -0.0737. The molecule has 0 radical (unpaired) electrons. The molecular weight excluding hydrogens is 341 g/mol. The van der Waals surface area contributed by atoms with Crippen LogP contribution in [-0.4, -0.2) is 18.7 Å². The van der Waals surface area contributed by atoms with Gasteiger partial charge in [0, 0.05) is 17.3 Å². The second kappa shape index (κ2) is 5.65. The molecule has 0 aliphatic carbocycles. The van der Waals surface area contributed by atoms with Crippen LogP contribution < -0.4 is 5.14 Å². The van der Waals surface area contributed by atoms with Crippen LogP contribution >= 0.6 is 0 Å². The SMILES string of the molecule is NS(=O)(=O)c1ccc(C2=Nc3cccn3C2)c(-c2ccccc2)c1F. The maximum atomic E-state index is 15.1. The predicted molar refractivity (Wildman–Crippen MR) is 93.8 cm³/mol. The Morgan fingerprint density at radius 1 is 1.04 bits per heavy atom. The van der Waals surface area contributed by atoms with Gasteiger partial charge < -0.3 is 4.57 Å². The van der Waals surface area contributed by atoms with Gasteiger partial charge in [0.15, 0.2) is 5.82 Å². The van der Waals surface area contributed by atoms with E-state index in [1.54, 1.807) is 30.3 Å². The molecule has 0 fully saturated rings. The summed E-state index contributed by atoms with van der Waals surface area (Å²) in [6.45, 7) is 0.496. The highest BCUT2D eigenvalue weighted by Gasteiger charge is 2.25. The summed E-state index contributed by atoms with van der Waals surface area (Å²) in [4.78, 5) is 4.01. The van der Waals surface area contributed by atoms with Gasteiger partial charge in [-0.1, -0.05) is 36.4 Å². The lowest BCUT2D eigenvalue weighted by molar-refractivity contribution is 0.569. The number of aromatic nitrogens is 1. The number of hydrogen-bond donors (Lipinski definition) is 1. The molecule has 0 unspecified atom stereocenters. The molecule has 5 nitrogen and oxygen atoms in total. The highest BCUT2D eigenvalue weighted by Crippen LogP contribution is 2.34. The average molecular weight is 355 g/mol. The van der Waals surface area contributed by atoms with Crippen molar-refractivity contribution in [2.75, 3.05) is 0 Å². The topological polar surface area (TPSA) is 77.5 Å². The molecule has 3 aromatic rings. The number of fused-ring (bicyclic) bond motifs is 1. The molecule has 126 valence electrons. The Balaban J connectivity index is 1.97. The zero-order chi connectivity index (χ0) is 17.6. The molecule has 1 aliphatic heterocycles. The van der Waals surface area contributed by atoms with E-state index in [4.69, 9.17) is 5.14 Å². The van der Waals surface area contributed by atoms with Crippen molar-refractivity contribution in [3.8, 4) is 11.1 Å². The first-order valence-corrected chi connectivity index (χ1v) is 9.13. The Bertz CT molecular complexity index is 1100. The molecule has 0 atom stereocenters. The van der Waals surface area contributed by atoms with Crippen LogP contribution in [0.15, 0.2) is 70.7 Å². The van der Waals surface area contributed by atoms with Gasteiger partial charge in [0.2, 0.25) is 10.0 Å². The Kier molecular flexibility index (Phi) is 3.55. The first-order valence-electron chi connectivity index (χ1n) is 7.59. The average Bonchev–Trinajstić information content (AvgIpc) is 3.15. The van der Waals surface area contributed by atoms with Crippen LogP contribution in [0.3, 0.4) is 0 Å². The number of aliphatic imine (C=N–C) groups is 1. The van der Waals surface area contributed by atoms with E-state index < -0.39 is 20.7 Å². The number of rotatable bonds is 3. The standard InChI is InChI=1S/C18H14FN3O2S/c19-18-15(25(20,23)24)9-8-13(17(18)12-5-2-1-3-6-12)14-11-22-10-4-7-16(22)21-14/h1-10H,11H2,(H2,20,23,24). The lowest BCUT2D eigenvalue weighted by atomic mass is 9.96. The monoisotopic (exact) mass is 355 g/mol. The summed E-state index contributed by atoms with van der Waals surface area (Å²) >= 11 is 0. The Morgan fingerprint density at radius 2 is 1.80 bits per heavy atom. The number of nitrogens with zero attached hydrogens (tertiary/aromatic N) is 2. The second-order valence-electron chi connectivity index (χ2n) is 5.76. The predicted octanol–water partition coefficient (Wildman–Crippen LogP) is 3.08. The smallest absolute Gasteiger partial charge is 0.240 e. The Morgan fingerprint density at radius 3 is 2.48 bits per heavy atom. The van der Waals surface area contributed by atoms with Gasteiger partial charge in [-0.05, 0) is 23.8 Å². The van der Waals surface area contributed by atoms with Crippen molar-refractivity contribution in [1.82, 2.24) is 4.57 Å². The molecule has 2 heterocycles. The lowest BCUT2D eigenvalue weighted by Crippen LogP contribution is -2.16. The zero-order valence-electron chi connectivity index (χ0n) is 13.1. The number of benzene rings is 2. The van der Waals surface area contributed by atoms with Crippen LogP contribution in [0, 0.1) is 5.82 Å². The van der Waals surface area contributed by atoms with Gasteiger partial charge in [0.1, 0.15) is 10.7 Å². The van der Waals surface area contributed by atoms with Gasteiger partial charge in [-0.15, -0.1) is 0 Å². The molecule has 0 bridgehead atoms. The quantitative estimate of drug-likeness (QED) is 0.784. The maximum Gasteiger partial charge on any atom is 0.240 e. The normalized spacial score (nSPS) is 13.6. The fraction of sp³-hybridized carbons (Fsp3) is 0.0556. The summed E-state index contributed by atoms with van der Waals surface area (Å²) in [5.41, 5.74) is 1.99. The molecular formula is C18H14FN3O2S. The first kappa shape index (κ1) is 15.7. The van der Waals surface area contributed by atoms with Crippen LogP contribution in [0.25, 0.3) is 11.1 Å². The molecule has 2 N–H and O–H groups in total. The van der Waals surface area contributed by atoms with Gasteiger partial charge >= 0.3 is 0 Å². The third kappa shape index (κ3) is 2.67. The maximum absolute atomic E-state index is 15.1. The van der Waals surface area contributed by atoms with E-state index in [0.717, 1.165) is 5.82 Å². The zero-order valence-corrected chi connectivity index (χ0v) is 13.9. The molecule has 0 saturated carbocycles. The number of sulfonamides is 1. The molecule has 2 aromatic carbocycles. The fourth-order valence-corrected chi connectivity index (χ4v) is 3.63. The molecule has 4 rings (SSSR count). The first-order chi connectivity index (χ1) is 11.9. The summed E-state index contributed by atoms with van der Waals surface area (Å²) in [7, 11) is -4.17. The van der Waals surface area contributed by atoms with Crippen LogP contribution in [0.1, 0.15) is 5.56 Å². The van der Waals surface area contributed by atoms with Gasteiger partial charge in [-0.3, -0.25) is 0 Å². The van der Waals surface area contributed by atoms with Gasteiger partial charge in [-0.2, -0.15) is 0 Å². The van der Waals surface area contributed by atoms with E-state index in [1.807, 2.05) is 29.0 Å². The minimum Gasteiger partial charge on any atom is -0.327 e. The molecule has 7 heteroatoms. The summed E-state index contributed by atoms with van der Waals surface area (Å²) in [5, 5.41) is 5.16. The highest BCUT2D eigenvalue weighted by atomic mass is 32.2. The highest BCUT2D eigenvalue weighted by molar-refractivity contribution is 7.89. The number of primary sulfonamides is 1. The minimum atomic E-state index is -4.17. The van der Waals surface area contributed by atoms with Crippen molar-refractivity contribution in [2.24, 2.45) is 10.1 Å². The Labute approximate surface area is 144 Å². The molecule has 25 heavy (non-hydrogen) atoms. The minimum absolute atomic E-state index is 0.191. The Hall–Kier alpha value is -2.77. The molecule has 1 aliphatic rings. The second-order valence-corrected chi connectivity index (χ2v) is 7.29. The van der Waals surface area contributed by atoms with Crippen molar-refractivity contribution in [3.63, 3.8) is 0 Å². The van der Waals surface area contributed by atoms with Crippen LogP contribution in [0.4, 0.5) is 10.2 Å². The van der Waals surface area contributed by atoms with E-state index in [9.17, 15) is 8.42 Å². The molecule has 0 spiro atoms. The summed E-state index contributed by atoms with van der Waals surface area (Å²) in [6, 6.07) is 15.3. The van der Waals surface area contributed by atoms with Crippen molar-refractivity contribution in [3.05, 3.63) is 72.2 Å². The summed E-state index contributed by atoms with van der Waals surface area (Å²) in [6.07, 6.45) is 1.89. The van der Waals surface area contributed by atoms with E-state index in [1.165, 1.54) is 6.07 Å². The van der Waals surface area contributed by atoms with E-state index >= 15 is 4.39 Å². The molecule has 0 saturated heterocycles. The van der Waals surface area contributed by atoms with Crippen molar-refractivity contribution in [1.29, 1.82) is 0 Å². The van der Waals surface area contributed by atoms with Crippen molar-refractivity contribution >= 4 is 21.6 Å². The van der Waals surface area contributed by atoms with Gasteiger partial charge in [-0.25, -0.2) is 22.9 Å². The van der Waals surface area contributed by atoms with Gasteiger partial charge in [0.05, 0.1) is 12.3 Å². The van der Waals surface area contributed by atoms with Crippen molar-refractivity contribution < 1.29 is 12.8 Å². The third-order valence-electron chi connectivity index (χ3n) is 4.16. The molecule has 0 amide bonds.